The maximum absolute atomic E-state index is 17.5. The lowest BCUT2D eigenvalue weighted by atomic mass is 9.97. The molecule has 0 saturated heterocycles. The van der Waals surface area contributed by atoms with Crippen LogP contribution in [0.25, 0.3) is 54.8 Å². The number of pyridine rings is 2. The van der Waals surface area contributed by atoms with E-state index in [0.29, 0.717) is 11.1 Å². The number of benzene rings is 8. The third-order valence-corrected chi connectivity index (χ3v) is 18.2. The first kappa shape index (κ1) is 36.5. The van der Waals surface area contributed by atoms with Gasteiger partial charge in [-0.3, -0.25) is 9.30 Å². The van der Waals surface area contributed by atoms with Crippen LogP contribution < -0.4 is 25.6 Å². The smallest absolute Gasteiger partial charge is 0.186 e. The van der Waals surface area contributed by atoms with Crippen LogP contribution in [0.1, 0.15) is 17.3 Å². The molecule has 0 aliphatic carbocycles. The van der Waals surface area contributed by atoms with E-state index in [1.807, 2.05) is 61.1 Å². The number of imidazole rings is 1. The summed E-state index contributed by atoms with van der Waals surface area (Å²) in [6, 6.07) is 72.7. The third-order valence-electron chi connectivity index (χ3n) is 13.4. The van der Waals surface area contributed by atoms with Crippen molar-refractivity contribution in [1.82, 2.24) is 18.9 Å². The minimum Gasteiger partial charge on any atom is -0.309 e. The van der Waals surface area contributed by atoms with E-state index in [-0.39, 0.29) is 0 Å². The summed E-state index contributed by atoms with van der Waals surface area (Å²) < 4.78 is 22.0. The molecule has 1 unspecified atom stereocenters. The number of nitrogens with zero attached hydrogens (tertiary/aromatic N) is 5. The average molecular weight is 840 g/mol. The maximum Gasteiger partial charge on any atom is 0.186 e. The highest BCUT2D eigenvalue weighted by Crippen LogP contribution is 2.46. The molecule has 0 bridgehead atoms. The zero-order chi connectivity index (χ0) is 42.4. The Morgan fingerprint density at radius 3 is 1.91 bits per heavy atom. The first-order valence-electron chi connectivity index (χ1n) is 21.7. The molecule has 1 aliphatic heterocycles. The number of alkyl halides is 1. The van der Waals surface area contributed by atoms with Crippen LogP contribution in [0.15, 0.2) is 225 Å². The van der Waals surface area contributed by atoms with Crippen molar-refractivity contribution < 1.29 is 4.39 Å². The number of fused-ring (bicyclic) bond motifs is 12. The highest BCUT2D eigenvalue weighted by Gasteiger charge is 2.50. The average Bonchev–Trinajstić information content (AvgIpc) is 4.01. The molecule has 0 fully saturated rings. The molecule has 1 aliphatic rings. The van der Waals surface area contributed by atoms with Crippen molar-refractivity contribution in [3.63, 3.8) is 0 Å². The van der Waals surface area contributed by atoms with E-state index in [0.717, 1.165) is 72.0 Å². The summed E-state index contributed by atoms with van der Waals surface area (Å²) in [6.07, 6.45) is 4.28. The number of halogens is 1. The topological polar surface area (TPSA) is 38.4 Å². The third kappa shape index (κ3) is 5.16. The summed E-state index contributed by atoms with van der Waals surface area (Å²) in [5.74, 6) is 0.852. The zero-order valence-electron chi connectivity index (χ0n) is 34.6. The normalized spacial score (nSPS) is 13.7. The second-order valence-corrected chi connectivity index (χ2v) is 20.4. The van der Waals surface area contributed by atoms with Crippen molar-refractivity contribution in [1.29, 1.82) is 0 Å². The van der Waals surface area contributed by atoms with E-state index in [2.05, 4.69) is 178 Å². The molecule has 5 heterocycles. The van der Waals surface area contributed by atoms with Gasteiger partial charge in [-0.05, 0) is 91.9 Å². The van der Waals surface area contributed by atoms with E-state index >= 15 is 4.39 Å². The van der Waals surface area contributed by atoms with Crippen molar-refractivity contribution in [2.45, 2.75) is 6.17 Å². The van der Waals surface area contributed by atoms with E-state index in [1.54, 1.807) is 0 Å². The zero-order valence-corrected chi connectivity index (χ0v) is 35.6. The largest absolute Gasteiger partial charge is 0.309 e. The van der Waals surface area contributed by atoms with Crippen LogP contribution in [0.5, 0.6) is 0 Å². The monoisotopic (exact) mass is 839 g/mol. The number of aromatic nitrogens is 4. The molecule has 12 aromatic rings. The van der Waals surface area contributed by atoms with Gasteiger partial charge < -0.3 is 4.57 Å². The Hall–Kier alpha value is -8.13. The van der Waals surface area contributed by atoms with Gasteiger partial charge in [0.2, 0.25) is 0 Å². The minimum atomic E-state index is -3.07. The molecule has 302 valence electrons. The predicted molar refractivity (Wildman–Crippen MR) is 264 cm³/mol. The lowest BCUT2D eigenvalue weighted by molar-refractivity contribution is 0.402. The molecular formula is C57H38FN5Si. The molecule has 13 rings (SSSR count). The van der Waals surface area contributed by atoms with Crippen molar-refractivity contribution in [3.05, 3.63) is 236 Å². The minimum absolute atomic E-state index is 0.565. The second-order valence-electron chi connectivity index (χ2n) is 16.6. The Balaban J connectivity index is 1.09. The predicted octanol–water partition coefficient (Wildman–Crippen LogP) is 11.4. The van der Waals surface area contributed by atoms with Crippen LogP contribution in [0.3, 0.4) is 0 Å². The molecule has 64 heavy (non-hydrogen) atoms. The van der Waals surface area contributed by atoms with Gasteiger partial charge in [0.15, 0.2) is 14.2 Å². The van der Waals surface area contributed by atoms with E-state index in [1.165, 1.54) is 20.7 Å². The molecule has 1 atom stereocenters. The van der Waals surface area contributed by atoms with Gasteiger partial charge in [0.1, 0.15) is 11.5 Å². The first-order chi connectivity index (χ1) is 31.7. The molecule has 4 aromatic heterocycles. The van der Waals surface area contributed by atoms with Crippen LogP contribution >= 0.6 is 0 Å². The molecule has 0 amide bonds. The summed E-state index contributed by atoms with van der Waals surface area (Å²) in [5, 5.41) is 10.3. The van der Waals surface area contributed by atoms with Crippen LogP contribution in [0.2, 0.25) is 0 Å². The van der Waals surface area contributed by atoms with Crippen molar-refractivity contribution in [3.8, 4) is 5.69 Å². The Bertz CT molecular complexity index is 3730. The van der Waals surface area contributed by atoms with Gasteiger partial charge in [-0.15, -0.1) is 0 Å². The van der Waals surface area contributed by atoms with Crippen LogP contribution in [0.4, 0.5) is 21.6 Å². The molecule has 0 spiro atoms. The van der Waals surface area contributed by atoms with Gasteiger partial charge in [0.05, 0.1) is 22.2 Å². The van der Waals surface area contributed by atoms with Crippen LogP contribution in [-0.2, 0) is 0 Å². The molecule has 0 N–H and O–H groups in total. The fraction of sp³-hybridized carbons (Fsp3) is 0.0175. The van der Waals surface area contributed by atoms with Gasteiger partial charge in [-0.2, -0.15) is 0 Å². The van der Waals surface area contributed by atoms with Gasteiger partial charge in [-0.1, -0.05) is 152 Å². The highest BCUT2D eigenvalue weighted by molar-refractivity contribution is 7.21. The summed E-state index contributed by atoms with van der Waals surface area (Å²) >= 11 is 0. The standard InChI is InChI=1S/C57H38FN5Si/c58-54(39-29-30-44-45-24-10-12-26-48(45)61-35-34-60-56(61)47(44)37-39)38-16-14-19-41(36-38)63-55-51(32-31-50-53(55)46-25-11-13-27-49(46)62(50)40-17-4-1-5-18-40)64(42-20-6-2-7-21-42,43-22-8-3-9-23-43)52-28-15-33-59-57(52)63/h1-37,54H. The fourth-order valence-corrected chi connectivity index (χ4v) is 15.8. The number of hydrogen-bond donors (Lipinski definition) is 0. The summed E-state index contributed by atoms with van der Waals surface area (Å²) in [5.41, 5.74) is 8.23. The van der Waals surface area contributed by atoms with Crippen molar-refractivity contribution >= 4 is 95.1 Å². The van der Waals surface area contributed by atoms with Crippen molar-refractivity contribution in [2.75, 3.05) is 4.90 Å². The Morgan fingerprint density at radius 2 is 1.12 bits per heavy atom. The van der Waals surface area contributed by atoms with E-state index in [4.69, 9.17) is 9.97 Å². The molecule has 8 aromatic carbocycles. The first-order valence-corrected chi connectivity index (χ1v) is 23.7. The molecule has 5 nitrogen and oxygen atoms in total. The van der Waals surface area contributed by atoms with Gasteiger partial charge >= 0.3 is 0 Å². The lowest BCUT2D eigenvalue weighted by Crippen LogP contribution is -2.77. The summed E-state index contributed by atoms with van der Waals surface area (Å²) in [7, 11) is -3.07. The van der Waals surface area contributed by atoms with Crippen LogP contribution in [-0.4, -0.2) is 27.0 Å². The molecule has 0 radical (unpaired) electrons. The number of anilines is 3. The maximum atomic E-state index is 17.5. The summed E-state index contributed by atoms with van der Waals surface area (Å²) in [4.78, 5) is 12.4. The quantitative estimate of drug-likeness (QED) is 0.124. The molecule has 7 heteroatoms. The van der Waals surface area contributed by atoms with Crippen molar-refractivity contribution in [2.24, 2.45) is 0 Å². The van der Waals surface area contributed by atoms with E-state index in [9.17, 15) is 0 Å². The Kier molecular flexibility index (Phi) is 8.10. The second kappa shape index (κ2) is 14.2. The lowest BCUT2D eigenvalue weighted by Gasteiger charge is -2.44. The Labute approximate surface area is 369 Å². The van der Waals surface area contributed by atoms with Gasteiger partial charge in [0, 0.05) is 51.5 Å². The molecule has 0 saturated carbocycles. The number of para-hydroxylation sites is 3. The summed E-state index contributed by atoms with van der Waals surface area (Å²) in [6.45, 7) is 0. The molecular weight excluding hydrogens is 802 g/mol. The fourth-order valence-electron chi connectivity index (χ4n) is 10.7. The van der Waals surface area contributed by atoms with E-state index < -0.39 is 14.2 Å². The SMILES string of the molecule is FC(c1cccc(N2c3ncccc3[Si](c3ccccc3)(c3ccccc3)c3ccc4c(c32)c2ccccc2n4-c2ccccc2)c1)c1ccc2c3ccccc3n3ccnc3c2c1. The number of hydrogen-bond acceptors (Lipinski definition) is 3. The van der Waals surface area contributed by atoms with Gasteiger partial charge in [-0.25, -0.2) is 14.4 Å². The van der Waals surface area contributed by atoms with Gasteiger partial charge in [0.25, 0.3) is 0 Å². The Morgan fingerprint density at radius 1 is 0.453 bits per heavy atom. The highest BCUT2D eigenvalue weighted by atomic mass is 28.3. The van der Waals surface area contributed by atoms with Crippen LogP contribution in [0, 0.1) is 0 Å². The number of rotatable bonds is 6.